The molecular weight excluding hydrogens is 576 g/mol. The minimum absolute atomic E-state index is 0.0186. The topological polar surface area (TPSA) is 121 Å². The minimum atomic E-state index is -0.809. The summed E-state index contributed by atoms with van der Waals surface area (Å²) in [7, 11) is 0. The van der Waals surface area contributed by atoms with Crippen LogP contribution in [0.2, 0.25) is 0 Å². The zero-order valence-electron chi connectivity index (χ0n) is 26.2. The van der Waals surface area contributed by atoms with Gasteiger partial charge in [0.15, 0.2) is 0 Å². The van der Waals surface area contributed by atoms with Gasteiger partial charge in [0.1, 0.15) is 6.10 Å². The second-order valence-electron chi connectivity index (χ2n) is 12.6. The molecule has 9 heteroatoms. The molecule has 2 N–H and O–H groups in total. The lowest BCUT2D eigenvalue weighted by Crippen LogP contribution is -2.61. The molecule has 0 saturated carbocycles. The Morgan fingerprint density at radius 1 is 0.889 bits per heavy atom. The van der Waals surface area contributed by atoms with Crippen molar-refractivity contribution in [1.29, 1.82) is 0 Å². The molecule has 0 radical (unpaired) electrons. The SMILES string of the molecule is C=C1C(C[C@@H]2O[C@H]3C[C@@H](OC(=O)c4ccccc4)[C@@H](CCOC(=O)c4ccccc4)O[C@H]3[C@H](C)[C@H]2O)O[C@@H](CCCO)C[C@H]1C. The van der Waals surface area contributed by atoms with Crippen LogP contribution < -0.4 is 0 Å². The van der Waals surface area contributed by atoms with Gasteiger partial charge in [0.25, 0.3) is 0 Å². The molecule has 0 bridgehead atoms. The van der Waals surface area contributed by atoms with Crippen LogP contribution >= 0.6 is 0 Å². The smallest absolute Gasteiger partial charge is 0.338 e. The van der Waals surface area contributed by atoms with Crippen LogP contribution in [0.4, 0.5) is 0 Å². The maximum absolute atomic E-state index is 13.1. The summed E-state index contributed by atoms with van der Waals surface area (Å²) in [4.78, 5) is 25.7. The first-order valence-electron chi connectivity index (χ1n) is 16.2. The molecule has 2 aromatic carbocycles. The average Bonchev–Trinajstić information content (AvgIpc) is 3.05. The fraction of sp³-hybridized carbons (Fsp3) is 0.556. The quantitative estimate of drug-likeness (QED) is 0.267. The number of rotatable bonds is 11. The molecule has 244 valence electrons. The van der Waals surface area contributed by atoms with Crippen LogP contribution in [0.3, 0.4) is 0 Å². The molecule has 3 fully saturated rings. The largest absolute Gasteiger partial charge is 0.462 e. The van der Waals surface area contributed by atoms with E-state index in [9.17, 15) is 19.8 Å². The van der Waals surface area contributed by atoms with Crippen molar-refractivity contribution in [3.05, 3.63) is 83.9 Å². The van der Waals surface area contributed by atoms with Gasteiger partial charge in [-0.15, -0.1) is 0 Å². The first-order valence-corrected chi connectivity index (χ1v) is 16.2. The highest BCUT2D eigenvalue weighted by atomic mass is 16.6. The maximum atomic E-state index is 13.1. The zero-order chi connectivity index (χ0) is 31.9. The second kappa shape index (κ2) is 15.5. The molecule has 0 aromatic heterocycles. The Bertz CT molecular complexity index is 1270. The summed E-state index contributed by atoms with van der Waals surface area (Å²) in [6.07, 6.45) is -0.247. The monoisotopic (exact) mass is 622 g/mol. The molecule has 10 atom stereocenters. The van der Waals surface area contributed by atoms with Crippen LogP contribution in [0.15, 0.2) is 72.8 Å². The molecule has 0 amide bonds. The van der Waals surface area contributed by atoms with Crippen LogP contribution in [-0.4, -0.2) is 84.2 Å². The van der Waals surface area contributed by atoms with Crippen LogP contribution in [-0.2, 0) is 23.7 Å². The standard InChI is InChI=1S/C36H46O9/c1-22-19-27(15-10-17-37)42-29(23(22)2)20-31-33(38)24(3)34-32(43-31)21-30(45-36(40)26-13-8-5-9-14-26)28(44-34)16-18-41-35(39)25-11-6-4-7-12-25/h4-9,11-14,22,24,27-34,37-38H,2,10,15-21H2,1,3H3/t22-,24-,27+,28-,29?,30-,31+,32+,33-,34+/m1/s1. The highest BCUT2D eigenvalue weighted by molar-refractivity contribution is 5.89. The van der Waals surface area contributed by atoms with Crippen LogP contribution in [0.1, 0.15) is 73.1 Å². The van der Waals surface area contributed by atoms with E-state index in [1.807, 2.05) is 19.1 Å². The van der Waals surface area contributed by atoms with E-state index in [0.29, 0.717) is 36.8 Å². The van der Waals surface area contributed by atoms with Crippen molar-refractivity contribution in [2.24, 2.45) is 11.8 Å². The summed E-state index contributed by atoms with van der Waals surface area (Å²) in [5.74, 6) is -0.915. The summed E-state index contributed by atoms with van der Waals surface area (Å²) in [5.41, 5.74) is 1.87. The Balaban J connectivity index is 1.27. The Hall–Kier alpha value is -3.08. The van der Waals surface area contributed by atoms with Crippen molar-refractivity contribution in [3.8, 4) is 0 Å². The van der Waals surface area contributed by atoms with Crippen LogP contribution in [0, 0.1) is 11.8 Å². The van der Waals surface area contributed by atoms with E-state index >= 15 is 0 Å². The number of fused-ring (bicyclic) bond motifs is 1. The third kappa shape index (κ3) is 8.20. The number of hydrogen-bond donors (Lipinski definition) is 2. The van der Waals surface area contributed by atoms with Gasteiger partial charge in [0.05, 0.1) is 60.5 Å². The Morgan fingerprint density at radius 3 is 2.22 bits per heavy atom. The molecule has 3 heterocycles. The summed E-state index contributed by atoms with van der Waals surface area (Å²) < 4.78 is 31.0. The van der Waals surface area contributed by atoms with Gasteiger partial charge in [-0.25, -0.2) is 9.59 Å². The molecule has 3 saturated heterocycles. The summed E-state index contributed by atoms with van der Waals surface area (Å²) in [6.45, 7) is 8.58. The van der Waals surface area contributed by atoms with Gasteiger partial charge in [-0.05, 0) is 55.0 Å². The van der Waals surface area contributed by atoms with E-state index in [1.54, 1.807) is 48.5 Å². The van der Waals surface area contributed by atoms with Crippen LogP contribution in [0.25, 0.3) is 0 Å². The van der Waals surface area contributed by atoms with Crippen molar-refractivity contribution in [3.63, 3.8) is 0 Å². The lowest BCUT2D eigenvalue weighted by molar-refractivity contribution is -0.269. The van der Waals surface area contributed by atoms with E-state index in [2.05, 4.69) is 13.5 Å². The number of carbonyl (C=O) groups excluding carboxylic acids is 2. The van der Waals surface area contributed by atoms with Gasteiger partial charge in [-0.1, -0.05) is 56.8 Å². The van der Waals surface area contributed by atoms with Gasteiger partial charge in [0.2, 0.25) is 0 Å². The molecule has 0 aliphatic carbocycles. The first kappa shape index (κ1) is 33.3. The predicted molar refractivity (Wildman–Crippen MR) is 167 cm³/mol. The van der Waals surface area contributed by atoms with Crippen molar-refractivity contribution in [1.82, 2.24) is 0 Å². The van der Waals surface area contributed by atoms with E-state index in [-0.39, 0.29) is 37.3 Å². The van der Waals surface area contributed by atoms with Crippen molar-refractivity contribution in [2.75, 3.05) is 13.2 Å². The minimum Gasteiger partial charge on any atom is -0.462 e. The van der Waals surface area contributed by atoms with Gasteiger partial charge < -0.3 is 33.9 Å². The van der Waals surface area contributed by atoms with Crippen molar-refractivity contribution < 1.29 is 43.5 Å². The number of ether oxygens (including phenoxy) is 5. The van der Waals surface area contributed by atoms with Gasteiger partial charge in [0, 0.05) is 31.8 Å². The molecule has 9 nitrogen and oxygen atoms in total. The number of aliphatic hydroxyl groups is 2. The maximum Gasteiger partial charge on any atom is 0.338 e. The second-order valence-corrected chi connectivity index (χ2v) is 12.6. The number of benzene rings is 2. The van der Waals surface area contributed by atoms with Crippen molar-refractivity contribution in [2.45, 2.75) is 101 Å². The average molecular weight is 623 g/mol. The Kier molecular flexibility index (Phi) is 11.4. The third-order valence-corrected chi connectivity index (χ3v) is 9.43. The lowest BCUT2D eigenvalue weighted by atomic mass is 9.79. The molecule has 45 heavy (non-hydrogen) atoms. The van der Waals surface area contributed by atoms with Crippen molar-refractivity contribution >= 4 is 11.9 Å². The summed E-state index contributed by atoms with van der Waals surface area (Å²) in [5, 5.41) is 20.7. The summed E-state index contributed by atoms with van der Waals surface area (Å²) >= 11 is 0. The molecule has 2 aromatic rings. The van der Waals surface area contributed by atoms with E-state index in [0.717, 1.165) is 18.4 Å². The molecule has 3 aliphatic heterocycles. The molecule has 1 unspecified atom stereocenters. The fourth-order valence-corrected chi connectivity index (χ4v) is 6.76. The summed E-state index contributed by atoms with van der Waals surface area (Å²) in [6, 6.07) is 17.5. The van der Waals surface area contributed by atoms with Gasteiger partial charge in [-0.2, -0.15) is 0 Å². The van der Waals surface area contributed by atoms with Gasteiger partial charge >= 0.3 is 11.9 Å². The van der Waals surface area contributed by atoms with E-state index < -0.39 is 48.6 Å². The van der Waals surface area contributed by atoms with E-state index in [1.165, 1.54) is 0 Å². The normalized spacial score (nSPS) is 33.2. The molecule has 3 aliphatic rings. The lowest BCUT2D eigenvalue weighted by Gasteiger charge is -2.50. The fourth-order valence-electron chi connectivity index (χ4n) is 6.76. The predicted octanol–water partition coefficient (Wildman–Crippen LogP) is 4.89. The highest BCUT2D eigenvalue weighted by Crippen LogP contribution is 2.41. The molecule has 0 spiro atoms. The number of aliphatic hydroxyl groups excluding tert-OH is 2. The molecule has 5 rings (SSSR count). The highest BCUT2D eigenvalue weighted by Gasteiger charge is 2.51. The zero-order valence-corrected chi connectivity index (χ0v) is 26.2. The number of carbonyl (C=O) groups is 2. The van der Waals surface area contributed by atoms with E-state index in [4.69, 9.17) is 23.7 Å². The number of hydrogen-bond acceptors (Lipinski definition) is 9. The number of esters is 2. The Labute approximate surface area is 265 Å². The molecular formula is C36H46O9. The van der Waals surface area contributed by atoms with Gasteiger partial charge in [-0.3, -0.25) is 0 Å². The van der Waals surface area contributed by atoms with Crippen LogP contribution in [0.5, 0.6) is 0 Å². The third-order valence-electron chi connectivity index (χ3n) is 9.43. The first-order chi connectivity index (χ1) is 21.7. The Morgan fingerprint density at radius 2 is 1.56 bits per heavy atom.